The Hall–Kier alpha value is -1.13. The molecule has 1 rings (SSSR count). The van der Waals surface area contributed by atoms with Crippen molar-refractivity contribution >= 4 is 5.91 Å². The molecule has 0 spiro atoms. The zero-order chi connectivity index (χ0) is 7.72. The Morgan fingerprint density at radius 2 is 2.30 bits per heavy atom. The molecule has 1 aliphatic heterocycles. The van der Waals surface area contributed by atoms with Crippen LogP contribution in [0.15, 0.2) is 11.8 Å². The number of rotatable bonds is 0. The number of hydrogen-bond acceptors (Lipinski definition) is 2. The molecule has 0 bridgehead atoms. The molecule has 1 aliphatic rings. The lowest BCUT2D eigenvalue weighted by atomic mass is 10.3. The summed E-state index contributed by atoms with van der Waals surface area (Å²) in [5.74, 6) is -0.345. The second-order valence-electron chi connectivity index (χ2n) is 1.98. The van der Waals surface area contributed by atoms with E-state index in [1.54, 1.807) is 0 Å². The highest BCUT2D eigenvalue weighted by Crippen LogP contribution is 2.15. The fourth-order valence-electron chi connectivity index (χ4n) is 0.683. The van der Waals surface area contributed by atoms with E-state index >= 15 is 0 Å². The van der Waals surface area contributed by atoms with Gasteiger partial charge < -0.3 is 0 Å². The molecule has 0 aromatic heterocycles. The quantitative estimate of drug-likeness (QED) is 0.541. The van der Waals surface area contributed by atoms with Gasteiger partial charge in [0.15, 0.2) is 0 Å². The van der Waals surface area contributed by atoms with Gasteiger partial charge in [0.05, 0.1) is 6.42 Å². The fraction of sp³-hybridized carbons (Fsp3) is 0.400. The van der Waals surface area contributed by atoms with Gasteiger partial charge in [0.2, 0.25) is 5.91 Å². The molecule has 0 atom stereocenters. The summed E-state index contributed by atoms with van der Waals surface area (Å²) in [5, 5.41) is 1.04. The van der Waals surface area contributed by atoms with E-state index in [0.717, 1.165) is 5.01 Å². The SMILES string of the molecule is CN1NC(=C(F)F)CC1=O. The second-order valence-corrected chi connectivity index (χ2v) is 1.98. The Balaban J connectivity index is 2.76. The first-order chi connectivity index (χ1) is 4.61. The van der Waals surface area contributed by atoms with Gasteiger partial charge >= 0.3 is 0 Å². The van der Waals surface area contributed by atoms with Crippen molar-refractivity contribution < 1.29 is 13.6 Å². The summed E-state index contributed by atoms with van der Waals surface area (Å²) in [6.07, 6.45) is -2.04. The van der Waals surface area contributed by atoms with E-state index in [1.807, 2.05) is 0 Å². The Kier molecular flexibility index (Phi) is 1.57. The fourth-order valence-corrected chi connectivity index (χ4v) is 0.683. The maximum atomic E-state index is 11.7. The number of halogens is 2. The van der Waals surface area contributed by atoms with E-state index in [-0.39, 0.29) is 18.0 Å². The number of carbonyl (C=O) groups is 1. The zero-order valence-electron chi connectivity index (χ0n) is 5.32. The lowest BCUT2D eigenvalue weighted by Crippen LogP contribution is -2.28. The van der Waals surface area contributed by atoms with E-state index in [4.69, 9.17) is 0 Å². The van der Waals surface area contributed by atoms with E-state index < -0.39 is 6.08 Å². The maximum absolute atomic E-state index is 11.7. The van der Waals surface area contributed by atoms with Crippen LogP contribution in [0.5, 0.6) is 0 Å². The van der Waals surface area contributed by atoms with Gasteiger partial charge in [-0.05, 0) is 0 Å². The predicted molar refractivity (Wildman–Crippen MR) is 29.8 cm³/mol. The summed E-state index contributed by atoms with van der Waals surface area (Å²) in [6, 6.07) is 0. The van der Waals surface area contributed by atoms with Crippen LogP contribution in [0.3, 0.4) is 0 Å². The number of carbonyl (C=O) groups excluding carboxylic acids is 1. The van der Waals surface area contributed by atoms with Crippen LogP contribution >= 0.6 is 0 Å². The average Bonchev–Trinajstić information content (AvgIpc) is 2.13. The Morgan fingerprint density at radius 1 is 1.70 bits per heavy atom. The molecule has 10 heavy (non-hydrogen) atoms. The van der Waals surface area contributed by atoms with Crippen LogP contribution in [0.4, 0.5) is 8.78 Å². The molecule has 1 N–H and O–H groups in total. The molecule has 1 saturated heterocycles. The molecule has 0 unspecified atom stereocenters. The molecule has 56 valence electrons. The lowest BCUT2D eigenvalue weighted by Gasteiger charge is -2.06. The molecular weight excluding hydrogens is 142 g/mol. The van der Waals surface area contributed by atoms with E-state index in [0.29, 0.717) is 0 Å². The van der Waals surface area contributed by atoms with Gasteiger partial charge in [0.1, 0.15) is 5.70 Å². The van der Waals surface area contributed by atoms with Gasteiger partial charge in [-0.15, -0.1) is 0 Å². The largest absolute Gasteiger partial charge is 0.295 e. The third-order valence-electron chi connectivity index (χ3n) is 1.23. The minimum Gasteiger partial charge on any atom is -0.295 e. The zero-order valence-corrected chi connectivity index (χ0v) is 5.32. The van der Waals surface area contributed by atoms with Crippen molar-refractivity contribution in [3.63, 3.8) is 0 Å². The molecule has 0 aromatic carbocycles. The molecule has 5 heteroatoms. The molecule has 3 nitrogen and oxygen atoms in total. The molecular formula is C5H6F2N2O. The Bertz CT molecular complexity index is 198. The summed E-state index contributed by atoms with van der Waals surface area (Å²) >= 11 is 0. The van der Waals surface area contributed by atoms with Gasteiger partial charge in [-0.3, -0.25) is 15.2 Å². The van der Waals surface area contributed by atoms with Crippen LogP contribution in [-0.2, 0) is 4.79 Å². The van der Waals surface area contributed by atoms with Gasteiger partial charge in [-0.1, -0.05) is 0 Å². The molecule has 0 aromatic rings. The van der Waals surface area contributed by atoms with Crippen LogP contribution in [0, 0.1) is 0 Å². The van der Waals surface area contributed by atoms with E-state index in [2.05, 4.69) is 5.43 Å². The molecule has 0 radical (unpaired) electrons. The number of nitrogens with one attached hydrogen (secondary N) is 1. The highest BCUT2D eigenvalue weighted by Gasteiger charge is 2.23. The number of hydrogen-bond donors (Lipinski definition) is 1. The van der Waals surface area contributed by atoms with Crippen LogP contribution in [0.25, 0.3) is 0 Å². The number of nitrogens with zero attached hydrogens (tertiary/aromatic N) is 1. The average molecular weight is 148 g/mol. The summed E-state index contributed by atoms with van der Waals surface area (Å²) < 4.78 is 23.4. The topological polar surface area (TPSA) is 32.3 Å². The predicted octanol–water partition coefficient (Wildman–Crippen LogP) is 0.461. The summed E-state index contributed by atoms with van der Waals surface area (Å²) in [7, 11) is 1.40. The van der Waals surface area contributed by atoms with Crippen LogP contribution in [0.1, 0.15) is 6.42 Å². The summed E-state index contributed by atoms with van der Waals surface area (Å²) in [6.45, 7) is 0. The van der Waals surface area contributed by atoms with Crippen molar-refractivity contribution in [2.75, 3.05) is 7.05 Å². The van der Waals surface area contributed by atoms with Crippen molar-refractivity contribution in [2.45, 2.75) is 6.42 Å². The van der Waals surface area contributed by atoms with Gasteiger partial charge in [0, 0.05) is 7.05 Å². The van der Waals surface area contributed by atoms with Crippen molar-refractivity contribution in [2.24, 2.45) is 0 Å². The minimum absolute atomic E-state index is 0.223. The molecule has 1 amide bonds. The summed E-state index contributed by atoms with van der Waals surface area (Å²) in [5.41, 5.74) is 1.92. The number of amides is 1. The van der Waals surface area contributed by atoms with E-state index in [1.165, 1.54) is 7.05 Å². The highest BCUT2D eigenvalue weighted by molar-refractivity contribution is 5.80. The highest BCUT2D eigenvalue weighted by atomic mass is 19.3. The van der Waals surface area contributed by atoms with Gasteiger partial charge in [0.25, 0.3) is 6.08 Å². The molecule has 0 saturated carbocycles. The molecule has 1 heterocycles. The third-order valence-corrected chi connectivity index (χ3v) is 1.23. The first-order valence-electron chi connectivity index (χ1n) is 2.68. The van der Waals surface area contributed by atoms with Gasteiger partial charge in [-0.2, -0.15) is 8.78 Å². The second kappa shape index (κ2) is 2.24. The standard InChI is InChI=1S/C5H6F2N2O/c1-9-4(10)2-3(8-9)5(6)7/h8H,2H2,1H3. The normalized spacial score (nSPS) is 17.7. The summed E-state index contributed by atoms with van der Waals surface area (Å²) in [4.78, 5) is 10.6. The van der Waals surface area contributed by atoms with Crippen molar-refractivity contribution in [1.82, 2.24) is 10.4 Å². The van der Waals surface area contributed by atoms with E-state index in [9.17, 15) is 13.6 Å². The van der Waals surface area contributed by atoms with Gasteiger partial charge in [-0.25, -0.2) is 0 Å². The maximum Gasteiger partial charge on any atom is 0.291 e. The van der Waals surface area contributed by atoms with Crippen molar-refractivity contribution in [3.05, 3.63) is 11.8 Å². The molecule has 1 fully saturated rings. The van der Waals surface area contributed by atoms with Crippen molar-refractivity contribution in [3.8, 4) is 0 Å². The monoisotopic (exact) mass is 148 g/mol. The van der Waals surface area contributed by atoms with Crippen molar-refractivity contribution in [1.29, 1.82) is 0 Å². The molecule has 0 aliphatic carbocycles. The van der Waals surface area contributed by atoms with Crippen LogP contribution in [-0.4, -0.2) is 18.0 Å². The van der Waals surface area contributed by atoms with Crippen LogP contribution < -0.4 is 5.43 Å². The smallest absolute Gasteiger partial charge is 0.291 e. The first-order valence-corrected chi connectivity index (χ1v) is 2.68. The lowest BCUT2D eigenvalue weighted by molar-refractivity contribution is -0.128. The Morgan fingerprint density at radius 3 is 2.50 bits per heavy atom. The Labute approximate surface area is 56.3 Å². The minimum atomic E-state index is -1.82. The number of hydrazine groups is 1. The third kappa shape index (κ3) is 1.07. The first kappa shape index (κ1) is 6.98. The van der Waals surface area contributed by atoms with Crippen LogP contribution in [0.2, 0.25) is 0 Å².